The number of nitrogens with one attached hydrogen (secondary N) is 10. The highest BCUT2D eigenvalue weighted by Gasteiger charge is 2.29. The Morgan fingerprint density at radius 1 is 0.262 bits per heavy atom. The first-order chi connectivity index (χ1) is 71.0. The van der Waals surface area contributed by atoms with Crippen molar-refractivity contribution in [2.75, 3.05) is 85.3 Å². The minimum Gasteiger partial charge on any atom is -0.389 e. The average molecular weight is 2050 g/mol. The van der Waals surface area contributed by atoms with Gasteiger partial charge in [0, 0.05) is 247 Å². The summed E-state index contributed by atoms with van der Waals surface area (Å²) in [7, 11) is 20.2. The van der Waals surface area contributed by atoms with Crippen LogP contribution < -0.4 is 53.2 Å². The fourth-order valence-corrected chi connectivity index (χ4v) is 16.9. The van der Waals surface area contributed by atoms with Crippen LogP contribution in [0.5, 0.6) is 0 Å². The fourth-order valence-electron chi connectivity index (χ4n) is 16.9. The summed E-state index contributed by atoms with van der Waals surface area (Å²) in [5, 5.41) is 36.1. The second kappa shape index (κ2) is 53.5. The first kappa shape index (κ1) is 113. The lowest BCUT2D eigenvalue weighted by molar-refractivity contribution is -0.122. The highest BCUT2D eigenvalue weighted by atomic mass is 16.3. The molecule has 10 heterocycles. The van der Waals surface area contributed by atoms with Crippen LogP contribution in [0.3, 0.4) is 0 Å². The third kappa shape index (κ3) is 33.5. The number of aromatic nitrogens is 14. The molecule has 0 saturated heterocycles. The van der Waals surface area contributed by atoms with Crippen LogP contribution >= 0.6 is 0 Å². The van der Waals surface area contributed by atoms with Gasteiger partial charge in [-0.2, -0.15) is 0 Å². The van der Waals surface area contributed by atoms with Gasteiger partial charge in [-0.1, -0.05) is 12.8 Å². The van der Waals surface area contributed by atoms with E-state index in [4.69, 9.17) is 5.11 Å². The first-order valence-corrected chi connectivity index (χ1v) is 49.1. The van der Waals surface area contributed by atoms with Crippen molar-refractivity contribution >= 4 is 145 Å². The number of hydrogen-bond donors (Lipinski definition) is 11. The molecule has 1 aromatic carbocycles. The summed E-state index contributed by atoms with van der Waals surface area (Å²) in [6.07, 6.45) is 22.0. The predicted molar refractivity (Wildman–Crippen MR) is 550 cm³/mol. The number of rotatable bonds is 61. The number of unbranched alkanes of at least 4 members (excludes halogenated alkanes) is 4. The van der Waals surface area contributed by atoms with Crippen LogP contribution in [-0.4, -0.2) is 240 Å². The summed E-state index contributed by atoms with van der Waals surface area (Å²) in [6.45, 7) is 0.484. The zero-order chi connectivity index (χ0) is 108. The summed E-state index contributed by atoms with van der Waals surface area (Å²) in [6, 6.07) is 15.2. The van der Waals surface area contributed by atoms with Gasteiger partial charge in [0.15, 0.2) is 46.4 Å². The molecule has 0 bridgehead atoms. The molecule has 149 heavy (non-hydrogen) atoms. The standard InChI is InChI=1S/C104H129N25O20/c1-119(2)41-18-17-22-76(131)24-19-27-86(135)95-113-73(60-126(95)9)50-88(137)80-43-64(53-120(80)3)42-77(132)25-20-28-87(136)96-114-74(61-127(96)10)51-90(139)98-115-75(62-129(98)12)52-89(138)97-112-67(59-128(97)11)44-78(133)26-21-37-106-100(145)81-47-70(56-121(81)4)117-104(149)85-49-72(58-125(85)8)118-103(148)84-46-69(55-124(84)7)111-94(143)36-40-108-101(146)82-48-71(57-122(82)5)116-102(147)83-45-68(54-123(83)6)110-93(142)35-38-105-91(140)34-39-107-99(144)65-30-32-66(33-31-65)109-92(141)29-16-14-13-15-23-79(134)63-130/h30-33,43,45-49,53-62,130H,13-29,34-42,44,50-52,63H2,1-12H3,(H,105,140)(H,106,145)(H,107,144)(H,108,146)(H,109,141)(H,110,142)(H,111,143)(H,116,147)(H,117,149)(H,118,148). The van der Waals surface area contributed by atoms with E-state index in [1.54, 1.807) is 147 Å². The number of carbonyl (C=O) groups is 19. The zero-order valence-electron chi connectivity index (χ0n) is 85.9. The smallest absolute Gasteiger partial charge is 0.272 e. The normalized spacial score (nSPS) is 11.2. The molecule has 0 radical (unpaired) electrons. The molecule has 0 aliphatic carbocycles. The van der Waals surface area contributed by atoms with Gasteiger partial charge in [-0.15, -0.1) is 0 Å². The summed E-state index contributed by atoms with van der Waals surface area (Å²) in [5.74, 6) is -6.28. The number of carbonyl (C=O) groups excluding carboxylic acids is 19. The minimum absolute atomic E-state index is 0.00553. The molecule has 45 heteroatoms. The van der Waals surface area contributed by atoms with Gasteiger partial charge in [-0.3, -0.25) is 91.1 Å². The van der Waals surface area contributed by atoms with E-state index >= 15 is 0 Å². The molecule has 10 amide bonds. The van der Waals surface area contributed by atoms with Gasteiger partial charge in [0.1, 0.15) is 52.4 Å². The van der Waals surface area contributed by atoms with Crippen LogP contribution in [-0.2, 0) is 141 Å². The van der Waals surface area contributed by atoms with Crippen LogP contribution in [0, 0.1) is 0 Å². The van der Waals surface area contributed by atoms with E-state index in [0.29, 0.717) is 90.2 Å². The van der Waals surface area contributed by atoms with Crippen molar-refractivity contribution in [1.29, 1.82) is 0 Å². The highest BCUT2D eigenvalue weighted by molar-refractivity contribution is 6.09. The van der Waals surface area contributed by atoms with Gasteiger partial charge >= 0.3 is 0 Å². The van der Waals surface area contributed by atoms with Gasteiger partial charge in [-0.05, 0) is 132 Å². The molecular weight excluding hydrogens is 1920 g/mol. The van der Waals surface area contributed by atoms with Gasteiger partial charge in [0.05, 0.1) is 82.6 Å². The maximum atomic E-state index is 13.7. The van der Waals surface area contributed by atoms with Gasteiger partial charge in [0.25, 0.3) is 35.4 Å². The minimum atomic E-state index is -0.573. The Morgan fingerprint density at radius 2 is 0.597 bits per heavy atom. The van der Waals surface area contributed by atoms with Gasteiger partial charge < -0.3 is 109 Å². The molecule has 0 spiro atoms. The van der Waals surface area contributed by atoms with E-state index in [9.17, 15) is 91.1 Å². The van der Waals surface area contributed by atoms with Crippen molar-refractivity contribution in [3.8, 4) is 0 Å². The molecule has 10 aromatic heterocycles. The quantitative estimate of drug-likeness (QED) is 0.0128. The van der Waals surface area contributed by atoms with Crippen LogP contribution in [0.2, 0.25) is 0 Å². The van der Waals surface area contributed by atoms with Crippen molar-refractivity contribution in [1.82, 2.24) is 91.8 Å². The first-order valence-electron chi connectivity index (χ1n) is 49.1. The van der Waals surface area contributed by atoms with E-state index in [1.165, 1.54) is 91.7 Å². The maximum Gasteiger partial charge on any atom is 0.272 e. The van der Waals surface area contributed by atoms with Gasteiger partial charge in [0.2, 0.25) is 35.2 Å². The molecule has 0 aliphatic rings. The lowest BCUT2D eigenvalue weighted by Crippen LogP contribution is -2.32. The van der Waals surface area contributed by atoms with E-state index in [0.717, 1.165) is 32.2 Å². The Morgan fingerprint density at radius 3 is 1.05 bits per heavy atom. The number of benzene rings is 1. The molecule has 0 aliphatic heterocycles. The van der Waals surface area contributed by atoms with Crippen molar-refractivity contribution < 1.29 is 96.2 Å². The zero-order valence-corrected chi connectivity index (χ0v) is 85.9. The molecule has 11 aromatic rings. The SMILES string of the molecule is CN(C)CCCCC(=O)CCCC(=O)c1nc(CC(=O)c2cc(CC(=O)CCCC(=O)c3nc(CC(=O)c4nc(CC(=O)c5nc(CC(=O)CCCNC(=O)c6cc(NC(=O)c7cc(NC(=O)c8cc(NC(=O)CCNC(=O)c9cc(NC(=O)c%10cc(NC(=O)CCNC(=O)CCNC(=O)c%11ccc(NC(=O)CCCCCCC(=O)CO)cc%11)cn%10C)cn9C)cn8C)cn7C)cn6C)cn5C)cn4C)cn3C)cn2C)cn1C. The lowest BCUT2D eigenvalue weighted by Gasteiger charge is -2.08. The summed E-state index contributed by atoms with van der Waals surface area (Å²) < 4.78 is 15.2. The molecular formula is C104H129N25O20. The Bertz CT molecular complexity index is 6840. The van der Waals surface area contributed by atoms with Crippen LogP contribution in [0.25, 0.3) is 0 Å². The van der Waals surface area contributed by atoms with Gasteiger partial charge in [-0.25, -0.2) is 19.9 Å². The number of Topliss-reactive ketones (excluding diaryl/α,β-unsaturated/α-hetero) is 9. The van der Waals surface area contributed by atoms with E-state index in [2.05, 4.69) is 78.0 Å². The van der Waals surface area contributed by atoms with Crippen molar-refractivity contribution in [2.45, 2.75) is 161 Å². The Kier molecular flexibility index (Phi) is 40.5. The molecule has 0 saturated carbocycles. The number of amides is 10. The van der Waals surface area contributed by atoms with Crippen molar-refractivity contribution in [3.63, 3.8) is 0 Å². The Balaban J connectivity index is 0.531. The van der Waals surface area contributed by atoms with Crippen LogP contribution in [0.4, 0.5) is 34.1 Å². The number of aryl methyl sites for hydroxylation is 10. The van der Waals surface area contributed by atoms with Crippen LogP contribution in [0.1, 0.15) is 273 Å². The molecule has 0 fully saturated rings. The largest absolute Gasteiger partial charge is 0.389 e. The molecule has 11 N–H and O–H groups in total. The second-order valence-corrected chi connectivity index (χ2v) is 37.4. The third-order valence-electron chi connectivity index (χ3n) is 24.5. The fraction of sp³-hybridized carbons (Fsp3) is 0.413. The van der Waals surface area contributed by atoms with E-state index in [1.807, 2.05) is 14.1 Å². The van der Waals surface area contributed by atoms with E-state index < -0.39 is 71.3 Å². The number of hydrogen-bond acceptors (Lipinski definition) is 25. The number of imidazole rings is 4. The maximum absolute atomic E-state index is 13.7. The molecule has 45 nitrogen and oxygen atoms in total. The number of aliphatic hydroxyl groups is 1. The molecule has 11 rings (SSSR count). The number of anilines is 6. The summed E-state index contributed by atoms with van der Waals surface area (Å²) in [5.41, 5.74) is 5.40. The Labute approximate surface area is 859 Å². The number of aliphatic hydroxyl groups excluding tert-OH is 1. The lowest BCUT2D eigenvalue weighted by atomic mass is 10.0. The summed E-state index contributed by atoms with van der Waals surface area (Å²) >= 11 is 0. The Hall–Kier alpha value is -16.6. The molecule has 790 valence electrons. The molecule has 0 unspecified atom stereocenters. The second-order valence-electron chi connectivity index (χ2n) is 37.4. The van der Waals surface area contributed by atoms with Crippen molar-refractivity contribution in [2.24, 2.45) is 70.5 Å². The van der Waals surface area contributed by atoms with E-state index in [-0.39, 0.29) is 243 Å². The molecule has 0 atom stereocenters. The topological polar surface area (TPSA) is 569 Å². The third-order valence-corrected chi connectivity index (χ3v) is 24.5. The summed E-state index contributed by atoms with van der Waals surface area (Å²) in [4.78, 5) is 268. The number of nitrogens with zero attached hydrogens (tertiary/aromatic N) is 15. The van der Waals surface area contributed by atoms with Crippen LogP contribution in [0.15, 0.2) is 123 Å². The monoisotopic (exact) mass is 2050 g/mol. The predicted octanol–water partition coefficient (Wildman–Crippen LogP) is 7.69. The average Bonchev–Trinajstić information content (AvgIpc) is 1.68. The highest BCUT2D eigenvalue weighted by Crippen LogP contribution is 2.26. The number of ketones is 9. The van der Waals surface area contributed by atoms with Crippen molar-refractivity contribution in [3.05, 3.63) is 214 Å².